The Hall–Kier alpha value is -1.77. The summed E-state index contributed by atoms with van der Waals surface area (Å²) in [5.74, 6) is 0.880. The molecule has 3 nitrogen and oxygen atoms in total. The minimum absolute atomic E-state index is 0.525. The first kappa shape index (κ1) is 14.3. The molecule has 0 N–H and O–H groups in total. The Bertz CT molecular complexity index is 475. The van der Waals surface area contributed by atoms with Crippen molar-refractivity contribution < 1.29 is 4.74 Å². The van der Waals surface area contributed by atoms with Crippen LogP contribution in [0.1, 0.15) is 30.8 Å². The van der Waals surface area contributed by atoms with Crippen LogP contribution in [0.3, 0.4) is 0 Å². The number of ether oxygens (including phenoxy) is 1. The number of rotatable bonds is 3. The summed E-state index contributed by atoms with van der Waals surface area (Å²) in [6.07, 6.45) is 0. The van der Waals surface area contributed by atoms with Crippen molar-refractivity contribution in [1.82, 2.24) is 9.78 Å². The van der Waals surface area contributed by atoms with Gasteiger partial charge in [-0.05, 0) is 31.5 Å². The number of hydrogen-bond acceptors (Lipinski definition) is 2. The first-order valence-corrected chi connectivity index (χ1v) is 6.35. The van der Waals surface area contributed by atoms with Crippen molar-refractivity contribution in [3.05, 3.63) is 47.3 Å². The van der Waals surface area contributed by atoms with E-state index in [1.807, 2.05) is 55.9 Å². The Morgan fingerprint density at radius 2 is 1.72 bits per heavy atom. The molecular weight excluding hydrogens is 224 g/mol. The van der Waals surface area contributed by atoms with Gasteiger partial charge in [0, 0.05) is 12.7 Å². The number of nitrogens with zero attached hydrogens (tertiary/aromatic N) is 2. The molecule has 0 saturated heterocycles. The second-order valence-electron chi connectivity index (χ2n) is 3.88. The molecule has 0 bridgehead atoms. The minimum Gasteiger partial charge on any atom is -0.487 e. The Kier molecular flexibility index (Phi) is 5.43. The molecule has 98 valence electrons. The molecule has 2 rings (SSSR count). The maximum atomic E-state index is 5.67. The van der Waals surface area contributed by atoms with Crippen molar-refractivity contribution in [2.75, 3.05) is 0 Å². The molecule has 0 unspecified atom stereocenters. The number of hydrogen-bond donors (Lipinski definition) is 0. The number of benzene rings is 1. The average Bonchev–Trinajstić information content (AvgIpc) is 2.67. The van der Waals surface area contributed by atoms with Crippen LogP contribution in [0.2, 0.25) is 0 Å². The van der Waals surface area contributed by atoms with E-state index in [0.717, 1.165) is 11.4 Å². The van der Waals surface area contributed by atoms with Crippen molar-refractivity contribution in [3.63, 3.8) is 0 Å². The summed E-state index contributed by atoms with van der Waals surface area (Å²) in [4.78, 5) is 0. The maximum Gasteiger partial charge on any atom is 0.132 e. The Balaban J connectivity index is 0.000000771. The van der Waals surface area contributed by atoms with Gasteiger partial charge in [-0.3, -0.25) is 4.68 Å². The molecule has 2 aromatic rings. The van der Waals surface area contributed by atoms with Gasteiger partial charge in [-0.15, -0.1) is 0 Å². The van der Waals surface area contributed by atoms with Crippen molar-refractivity contribution >= 4 is 0 Å². The molecule has 1 heterocycles. The van der Waals surface area contributed by atoms with Gasteiger partial charge in [-0.1, -0.05) is 32.0 Å². The highest BCUT2D eigenvalue weighted by atomic mass is 16.5. The first-order chi connectivity index (χ1) is 8.68. The topological polar surface area (TPSA) is 27.1 Å². The van der Waals surface area contributed by atoms with Crippen LogP contribution in [0.25, 0.3) is 0 Å². The summed E-state index contributed by atoms with van der Waals surface area (Å²) in [6, 6.07) is 9.80. The summed E-state index contributed by atoms with van der Waals surface area (Å²) in [5, 5.41) is 4.42. The van der Waals surface area contributed by atoms with Crippen LogP contribution < -0.4 is 4.74 Å². The summed E-state index contributed by atoms with van der Waals surface area (Å²) in [5.41, 5.74) is 3.40. The smallest absolute Gasteiger partial charge is 0.132 e. The maximum absolute atomic E-state index is 5.67. The van der Waals surface area contributed by atoms with Gasteiger partial charge in [0.25, 0.3) is 0 Å². The van der Waals surface area contributed by atoms with Crippen LogP contribution in [0, 0.1) is 13.8 Å². The zero-order valence-corrected chi connectivity index (χ0v) is 11.9. The highest BCUT2D eigenvalue weighted by Gasteiger charge is 2.08. The Morgan fingerprint density at radius 1 is 1.11 bits per heavy atom. The van der Waals surface area contributed by atoms with Crippen LogP contribution in [0.4, 0.5) is 0 Å². The van der Waals surface area contributed by atoms with E-state index < -0.39 is 0 Å². The first-order valence-electron chi connectivity index (χ1n) is 6.35. The van der Waals surface area contributed by atoms with Crippen molar-refractivity contribution in [2.45, 2.75) is 34.3 Å². The normalized spacial score (nSPS) is 9.61. The summed E-state index contributed by atoms with van der Waals surface area (Å²) >= 11 is 0. The lowest BCUT2D eigenvalue weighted by Crippen LogP contribution is -1.98. The lowest BCUT2D eigenvalue weighted by atomic mass is 10.2. The van der Waals surface area contributed by atoms with Gasteiger partial charge in [-0.25, -0.2) is 0 Å². The van der Waals surface area contributed by atoms with E-state index in [-0.39, 0.29) is 0 Å². The van der Waals surface area contributed by atoms with Crippen LogP contribution >= 0.6 is 0 Å². The van der Waals surface area contributed by atoms with Gasteiger partial charge in [0.15, 0.2) is 0 Å². The standard InChI is InChI=1S/C13H16N2O.C2H6/c1-10-11(2)15(3)14-13(10)9-16-12-7-5-4-6-8-12;1-2/h4-8H,9H2,1-3H3;1-2H3. The van der Waals surface area contributed by atoms with E-state index in [0.29, 0.717) is 6.61 Å². The average molecular weight is 246 g/mol. The lowest BCUT2D eigenvalue weighted by Gasteiger charge is -2.03. The van der Waals surface area contributed by atoms with Crippen LogP contribution in [0.5, 0.6) is 5.75 Å². The number of para-hydroxylation sites is 1. The van der Waals surface area contributed by atoms with Crippen LogP contribution in [-0.2, 0) is 13.7 Å². The highest BCUT2D eigenvalue weighted by Crippen LogP contribution is 2.15. The predicted octanol–water partition coefficient (Wildman–Crippen LogP) is 3.64. The fourth-order valence-corrected chi connectivity index (χ4v) is 1.59. The van der Waals surface area contributed by atoms with Gasteiger partial charge in [0.05, 0.1) is 0 Å². The Labute approximate surface area is 109 Å². The molecule has 0 fully saturated rings. The summed E-state index contributed by atoms with van der Waals surface area (Å²) in [7, 11) is 1.95. The third-order valence-electron chi connectivity index (χ3n) is 2.85. The second kappa shape index (κ2) is 6.84. The van der Waals surface area contributed by atoms with E-state index in [4.69, 9.17) is 4.74 Å². The second-order valence-corrected chi connectivity index (χ2v) is 3.88. The van der Waals surface area contributed by atoms with Crippen molar-refractivity contribution in [2.24, 2.45) is 7.05 Å². The van der Waals surface area contributed by atoms with Gasteiger partial charge >= 0.3 is 0 Å². The molecule has 0 aliphatic rings. The van der Waals surface area contributed by atoms with Crippen molar-refractivity contribution in [3.8, 4) is 5.75 Å². The molecule has 0 atom stereocenters. The largest absolute Gasteiger partial charge is 0.487 e. The van der Waals surface area contributed by atoms with E-state index in [1.165, 1.54) is 11.3 Å². The molecule has 0 aliphatic heterocycles. The van der Waals surface area contributed by atoms with Gasteiger partial charge in [0.2, 0.25) is 0 Å². The van der Waals surface area contributed by atoms with Gasteiger partial charge < -0.3 is 4.74 Å². The summed E-state index contributed by atoms with van der Waals surface area (Å²) < 4.78 is 7.55. The third-order valence-corrected chi connectivity index (χ3v) is 2.85. The quantitative estimate of drug-likeness (QED) is 0.826. The monoisotopic (exact) mass is 246 g/mol. The number of aromatic nitrogens is 2. The van der Waals surface area contributed by atoms with E-state index >= 15 is 0 Å². The van der Waals surface area contributed by atoms with E-state index in [2.05, 4.69) is 18.9 Å². The molecule has 18 heavy (non-hydrogen) atoms. The summed E-state index contributed by atoms with van der Waals surface area (Å²) in [6.45, 7) is 8.66. The Morgan fingerprint density at radius 3 is 2.22 bits per heavy atom. The zero-order valence-electron chi connectivity index (χ0n) is 11.9. The molecule has 0 aliphatic carbocycles. The minimum atomic E-state index is 0.525. The molecule has 3 heteroatoms. The molecule has 1 aromatic heterocycles. The molecule has 1 aromatic carbocycles. The van der Waals surface area contributed by atoms with Crippen molar-refractivity contribution in [1.29, 1.82) is 0 Å². The molecular formula is C15H22N2O. The van der Waals surface area contributed by atoms with Crippen LogP contribution in [-0.4, -0.2) is 9.78 Å². The number of aryl methyl sites for hydroxylation is 1. The van der Waals surface area contributed by atoms with Gasteiger partial charge in [-0.2, -0.15) is 5.10 Å². The SMILES string of the molecule is CC.Cc1c(COc2ccccc2)nn(C)c1C. The van der Waals surface area contributed by atoms with E-state index in [9.17, 15) is 0 Å². The molecule has 0 amide bonds. The highest BCUT2D eigenvalue weighted by molar-refractivity contribution is 5.25. The van der Waals surface area contributed by atoms with Crippen LogP contribution in [0.15, 0.2) is 30.3 Å². The zero-order chi connectivity index (χ0) is 13.5. The van der Waals surface area contributed by atoms with Gasteiger partial charge in [0.1, 0.15) is 18.1 Å². The molecule has 0 spiro atoms. The van der Waals surface area contributed by atoms with E-state index in [1.54, 1.807) is 0 Å². The molecule has 0 saturated carbocycles. The molecule has 0 radical (unpaired) electrons. The fraction of sp³-hybridized carbons (Fsp3) is 0.400. The fourth-order valence-electron chi connectivity index (χ4n) is 1.59. The predicted molar refractivity (Wildman–Crippen MR) is 74.8 cm³/mol. The third kappa shape index (κ3) is 3.36. The lowest BCUT2D eigenvalue weighted by molar-refractivity contribution is 0.299.